The molecule has 0 aromatic rings. The molecule has 1 unspecified atom stereocenters. The van der Waals surface area contributed by atoms with Crippen LogP contribution in [0.15, 0.2) is 0 Å². The Morgan fingerprint density at radius 3 is 2.20 bits per heavy atom. The molecule has 2 N–H and O–H groups in total. The molecule has 0 aliphatic heterocycles. The van der Waals surface area contributed by atoms with Gasteiger partial charge < -0.3 is 15.5 Å². The van der Waals surface area contributed by atoms with Crippen LogP contribution >= 0.6 is 0 Å². The zero-order chi connectivity index (χ0) is 11.7. The fourth-order valence-corrected chi connectivity index (χ4v) is 1.51. The molecule has 0 aromatic carbocycles. The number of hydrogen-bond acceptors (Lipinski definition) is 3. The van der Waals surface area contributed by atoms with Crippen molar-refractivity contribution in [3.8, 4) is 0 Å². The Bertz CT molecular complexity index is 137. The first-order valence-corrected chi connectivity index (χ1v) is 6.17. The van der Waals surface area contributed by atoms with Gasteiger partial charge in [-0.3, -0.25) is 0 Å². The van der Waals surface area contributed by atoms with Gasteiger partial charge in [0, 0.05) is 13.1 Å². The van der Waals surface area contributed by atoms with E-state index < -0.39 is 0 Å². The monoisotopic (exact) mass is 215 g/mol. The molecule has 3 nitrogen and oxygen atoms in total. The highest BCUT2D eigenvalue weighted by Gasteiger charge is 2.06. The van der Waals surface area contributed by atoms with Crippen LogP contribution in [0.25, 0.3) is 0 Å². The summed E-state index contributed by atoms with van der Waals surface area (Å²) < 4.78 is 0. The Balaban J connectivity index is 3.72. The second-order valence-electron chi connectivity index (χ2n) is 4.77. The van der Waals surface area contributed by atoms with E-state index in [1.54, 1.807) is 0 Å². The van der Waals surface area contributed by atoms with Crippen molar-refractivity contribution in [3.05, 3.63) is 0 Å². The van der Waals surface area contributed by atoms with Crippen LogP contribution in [0.2, 0.25) is 0 Å². The fraction of sp³-hybridized carbons (Fsp3) is 1.00. The highest BCUT2D eigenvalue weighted by atomic mass is 15.2. The van der Waals surface area contributed by atoms with Gasteiger partial charge in [0.25, 0.3) is 0 Å². The van der Waals surface area contributed by atoms with Gasteiger partial charge in [-0.25, -0.2) is 0 Å². The maximum absolute atomic E-state index is 5.63. The summed E-state index contributed by atoms with van der Waals surface area (Å²) >= 11 is 0. The van der Waals surface area contributed by atoms with E-state index in [0.717, 1.165) is 13.1 Å². The highest BCUT2D eigenvalue weighted by molar-refractivity contribution is 4.62. The summed E-state index contributed by atoms with van der Waals surface area (Å²) in [5.41, 5.74) is 5.63. The molecule has 92 valence electrons. The average Bonchev–Trinajstić information content (AvgIpc) is 2.21. The minimum Gasteiger partial charge on any atom is -0.330 e. The van der Waals surface area contributed by atoms with Gasteiger partial charge in [0.15, 0.2) is 0 Å². The van der Waals surface area contributed by atoms with Gasteiger partial charge in [0.05, 0.1) is 0 Å². The third-order valence-corrected chi connectivity index (χ3v) is 2.74. The molecule has 0 fully saturated rings. The molecular formula is C12H29N3. The first kappa shape index (κ1) is 14.9. The van der Waals surface area contributed by atoms with Crippen molar-refractivity contribution < 1.29 is 0 Å². The van der Waals surface area contributed by atoms with Gasteiger partial charge in [0.2, 0.25) is 0 Å². The Morgan fingerprint density at radius 2 is 1.73 bits per heavy atom. The lowest BCUT2D eigenvalue weighted by Crippen LogP contribution is -2.34. The quantitative estimate of drug-likeness (QED) is 0.628. The zero-order valence-electron chi connectivity index (χ0n) is 11.0. The van der Waals surface area contributed by atoms with E-state index in [0.29, 0.717) is 5.92 Å². The molecule has 0 rings (SSSR count). The average molecular weight is 215 g/mol. The smallest absolute Gasteiger partial charge is 0.0109 e. The van der Waals surface area contributed by atoms with Gasteiger partial charge in [-0.1, -0.05) is 13.8 Å². The second-order valence-corrected chi connectivity index (χ2v) is 4.77. The van der Waals surface area contributed by atoms with Crippen LogP contribution in [0.4, 0.5) is 0 Å². The van der Waals surface area contributed by atoms with Crippen molar-refractivity contribution >= 4 is 0 Å². The van der Waals surface area contributed by atoms with E-state index in [9.17, 15) is 0 Å². The Hall–Kier alpha value is -0.120. The summed E-state index contributed by atoms with van der Waals surface area (Å²) in [6, 6.07) is 0. The lowest BCUT2D eigenvalue weighted by Gasteiger charge is -2.24. The molecule has 15 heavy (non-hydrogen) atoms. The van der Waals surface area contributed by atoms with Crippen molar-refractivity contribution in [2.45, 2.75) is 26.7 Å². The van der Waals surface area contributed by atoms with Crippen LogP contribution in [0.5, 0.6) is 0 Å². The van der Waals surface area contributed by atoms with Crippen LogP contribution in [-0.2, 0) is 0 Å². The van der Waals surface area contributed by atoms with E-state index in [1.807, 2.05) is 0 Å². The fourth-order valence-electron chi connectivity index (χ4n) is 1.51. The summed E-state index contributed by atoms with van der Waals surface area (Å²) in [5.74, 6) is 0.656. The molecule has 0 aromatic heterocycles. The third kappa shape index (κ3) is 8.85. The molecule has 0 radical (unpaired) electrons. The lowest BCUT2D eigenvalue weighted by atomic mass is 10.1. The highest BCUT2D eigenvalue weighted by Crippen LogP contribution is 2.02. The van der Waals surface area contributed by atoms with Crippen LogP contribution in [0, 0.1) is 5.92 Å². The summed E-state index contributed by atoms with van der Waals surface area (Å²) in [6.07, 6.45) is 2.47. The van der Waals surface area contributed by atoms with E-state index in [1.165, 1.54) is 32.5 Å². The van der Waals surface area contributed by atoms with Gasteiger partial charge in [-0.05, 0) is 52.5 Å². The molecule has 0 saturated heterocycles. The van der Waals surface area contributed by atoms with Crippen molar-refractivity contribution in [3.63, 3.8) is 0 Å². The maximum atomic E-state index is 5.63. The number of likely N-dealkylation sites (N-methyl/N-ethyl adjacent to an activating group) is 1. The topological polar surface area (TPSA) is 32.5 Å². The standard InChI is InChI=1S/C12H29N3/c1-5-7-15(10-9-14(3)4)8-6-12(2)11-13/h12H,5-11,13H2,1-4H3. The third-order valence-electron chi connectivity index (χ3n) is 2.74. The number of nitrogens with two attached hydrogens (primary N) is 1. The molecule has 0 spiro atoms. The Labute approximate surface area is 95.6 Å². The minimum atomic E-state index is 0.656. The van der Waals surface area contributed by atoms with E-state index in [4.69, 9.17) is 5.73 Å². The van der Waals surface area contributed by atoms with E-state index in [2.05, 4.69) is 37.7 Å². The van der Waals surface area contributed by atoms with Gasteiger partial charge >= 0.3 is 0 Å². The number of hydrogen-bond donors (Lipinski definition) is 1. The Kier molecular flexibility index (Phi) is 9.06. The van der Waals surface area contributed by atoms with Crippen LogP contribution in [0.1, 0.15) is 26.7 Å². The van der Waals surface area contributed by atoms with Gasteiger partial charge in [-0.15, -0.1) is 0 Å². The molecule has 0 bridgehead atoms. The molecule has 0 heterocycles. The van der Waals surface area contributed by atoms with Crippen LogP contribution in [0.3, 0.4) is 0 Å². The minimum absolute atomic E-state index is 0.656. The number of rotatable bonds is 9. The number of nitrogens with zero attached hydrogens (tertiary/aromatic N) is 2. The van der Waals surface area contributed by atoms with E-state index >= 15 is 0 Å². The summed E-state index contributed by atoms with van der Waals surface area (Å²) in [6.45, 7) is 10.0. The van der Waals surface area contributed by atoms with Crippen molar-refractivity contribution in [2.24, 2.45) is 11.7 Å². The molecule has 1 atom stereocenters. The van der Waals surface area contributed by atoms with Crippen LogP contribution < -0.4 is 5.73 Å². The molecule has 0 amide bonds. The Morgan fingerprint density at radius 1 is 1.07 bits per heavy atom. The lowest BCUT2D eigenvalue weighted by molar-refractivity contribution is 0.228. The second kappa shape index (κ2) is 9.13. The summed E-state index contributed by atoms with van der Waals surface area (Å²) in [7, 11) is 4.26. The summed E-state index contributed by atoms with van der Waals surface area (Å²) in [4.78, 5) is 4.79. The van der Waals surface area contributed by atoms with Gasteiger partial charge in [0.1, 0.15) is 0 Å². The normalized spacial score (nSPS) is 13.8. The molecule has 0 saturated carbocycles. The molecule has 0 aliphatic carbocycles. The zero-order valence-corrected chi connectivity index (χ0v) is 11.0. The van der Waals surface area contributed by atoms with Crippen molar-refractivity contribution in [1.29, 1.82) is 0 Å². The van der Waals surface area contributed by atoms with Gasteiger partial charge in [-0.2, -0.15) is 0 Å². The SMILES string of the molecule is CCCN(CCC(C)CN)CCN(C)C. The first-order chi connectivity index (χ1) is 7.10. The predicted octanol–water partition coefficient (Wildman–Crippen LogP) is 1.24. The maximum Gasteiger partial charge on any atom is 0.0109 e. The molecule has 3 heteroatoms. The van der Waals surface area contributed by atoms with Crippen molar-refractivity contribution in [1.82, 2.24) is 9.80 Å². The summed E-state index contributed by atoms with van der Waals surface area (Å²) in [5, 5.41) is 0. The molecular weight excluding hydrogens is 186 g/mol. The largest absolute Gasteiger partial charge is 0.330 e. The molecule has 0 aliphatic rings. The predicted molar refractivity (Wildman–Crippen MR) is 68.1 cm³/mol. The first-order valence-electron chi connectivity index (χ1n) is 6.17. The van der Waals surface area contributed by atoms with E-state index in [-0.39, 0.29) is 0 Å². The van der Waals surface area contributed by atoms with Crippen molar-refractivity contribution in [2.75, 3.05) is 46.8 Å². The van der Waals surface area contributed by atoms with Crippen LogP contribution in [-0.4, -0.2) is 56.6 Å².